The zero-order chi connectivity index (χ0) is 13.2. The summed E-state index contributed by atoms with van der Waals surface area (Å²) in [6, 6.07) is 0. The molecule has 1 aliphatic rings. The second-order valence-corrected chi connectivity index (χ2v) is 4.65. The number of hydrogen-bond acceptors (Lipinski definition) is 7. The largest absolute Gasteiger partial charge is 0.707 e. The molecule has 0 amide bonds. The molecule has 1 aromatic rings. The molecule has 18 heavy (non-hydrogen) atoms. The number of nitrogens with zero attached hydrogens (tertiary/aromatic N) is 3. The monoisotopic (exact) mass is 253 g/mol. The van der Waals surface area contributed by atoms with Crippen molar-refractivity contribution in [3.63, 3.8) is 0 Å². The van der Waals surface area contributed by atoms with Crippen LogP contribution in [0.1, 0.15) is 19.8 Å². The highest BCUT2D eigenvalue weighted by Crippen LogP contribution is 2.23. The maximum absolute atomic E-state index is 9.84. The number of anilines is 1. The molecule has 8 heteroatoms. The maximum atomic E-state index is 9.84. The van der Waals surface area contributed by atoms with Crippen LogP contribution in [0.4, 0.5) is 5.95 Å². The molecule has 1 aliphatic heterocycles. The first-order chi connectivity index (χ1) is 8.46. The van der Waals surface area contributed by atoms with Gasteiger partial charge in [0.1, 0.15) is 5.75 Å². The average Bonchev–Trinajstić information content (AvgIpc) is 2.30. The molecular weight excluding hydrogens is 237 g/mol. The standard InChI is InChI=1S/C10H16BN3O4/c1-10(15)2-4-14(5-3-10)9-12-6-8(7-13-9)18-11(16)17/h6-7,15-17H,2-5H2,1H3. The first kappa shape index (κ1) is 13.1. The van der Waals surface area contributed by atoms with Crippen LogP contribution in [0, 0.1) is 0 Å². The SMILES string of the molecule is CC1(O)CCN(c2ncc(OB(O)O)cn2)CC1. The summed E-state index contributed by atoms with van der Waals surface area (Å²) in [6.07, 6.45) is 4.11. The minimum absolute atomic E-state index is 0.192. The van der Waals surface area contributed by atoms with E-state index < -0.39 is 12.9 Å². The number of piperidine rings is 1. The molecule has 0 spiro atoms. The van der Waals surface area contributed by atoms with Crippen LogP contribution >= 0.6 is 0 Å². The molecule has 1 fully saturated rings. The lowest BCUT2D eigenvalue weighted by atomic mass is 9.94. The molecule has 0 saturated carbocycles. The minimum Gasteiger partial charge on any atom is -0.509 e. The van der Waals surface area contributed by atoms with Crippen LogP contribution in [0.5, 0.6) is 5.75 Å². The number of rotatable bonds is 3. The van der Waals surface area contributed by atoms with Crippen molar-refractivity contribution in [1.82, 2.24) is 9.97 Å². The Kier molecular flexibility index (Phi) is 3.69. The lowest BCUT2D eigenvalue weighted by Gasteiger charge is -2.35. The van der Waals surface area contributed by atoms with Gasteiger partial charge >= 0.3 is 7.32 Å². The fraction of sp³-hybridized carbons (Fsp3) is 0.600. The van der Waals surface area contributed by atoms with Crippen LogP contribution in [0.25, 0.3) is 0 Å². The van der Waals surface area contributed by atoms with Gasteiger partial charge in [0.05, 0.1) is 18.0 Å². The Labute approximate surface area is 105 Å². The van der Waals surface area contributed by atoms with Crippen LogP contribution in [-0.4, -0.2) is 51.1 Å². The van der Waals surface area contributed by atoms with Gasteiger partial charge < -0.3 is 24.7 Å². The summed E-state index contributed by atoms with van der Waals surface area (Å²) in [5, 5.41) is 27.1. The summed E-state index contributed by atoms with van der Waals surface area (Å²) in [5.74, 6) is 0.739. The summed E-state index contributed by atoms with van der Waals surface area (Å²) in [7, 11) is -1.87. The van der Waals surface area contributed by atoms with Crippen molar-refractivity contribution in [2.45, 2.75) is 25.4 Å². The van der Waals surface area contributed by atoms with Gasteiger partial charge in [-0.1, -0.05) is 0 Å². The number of hydrogen-bond donors (Lipinski definition) is 3. The molecule has 0 unspecified atom stereocenters. The van der Waals surface area contributed by atoms with Gasteiger partial charge in [0.25, 0.3) is 0 Å². The first-order valence-corrected chi connectivity index (χ1v) is 5.78. The van der Waals surface area contributed by atoms with E-state index in [2.05, 4.69) is 14.6 Å². The van der Waals surface area contributed by atoms with Crippen molar-refractivity contribution in [2.24, 2.45) is 0 Å². The molecular formula is C10H16BN3O4. The predicted octanol–water partition coefficient (Wildman–Crippen LogP) is -0.824. The lowest BCUT2D eigenvalue weighted by molar-refractivity contribution is 0.0348. The Morgan fingerprint density at radius 2 is 1.83 bits per heavy atom. The van der Waals surface area contributed by atoms with Gasteiger partial charge in [-0.2, -0.15) is 0 Å². The van der Waals surface area contributed by atoms with E-state index in [0.717, 1.165) is 0 Å². The lowest BCUT2D eigenvalue weighted by Crippen LogP contribution is -2.43. The highest BCUT2D eigenvalue weighted by Gasteiger charge is 2.28. The van der Waals surface area contributed by atoms with Crippen molar-refractivity contribution < 1.29 is 19.8 Å². The summed E-state index contributed by atoms with van der Waals surface area (Å²) in [5.41, 5.74) is -0.611. The fourth-order valence-corrected chi connectivity index (χ4v) is 1.84. The van der Waals surface area contributed by atoms with Crippen LogP contribution in [0.3, 0.4) is 0 Å². The Morgan fingerprint density at radius 3 is 2.33 bits per heavy atom. The van der Waals surface area contributed by atoms with Crippen molar-refractivity contribution in [3.8, 4) is 5.75 Å². The zero-order valence-corrected chi connectivity index (χ0v) is 10.2. The third-order valence-corrected chi connectivity index (χ3v) is 2.98. The summed E-state index contributed by atoms with van der Waals surface area (Å²) in [4.78, 5) is 10.1. The molecule has 0 aliphatic carbocycles. The minimum atomic E-state index is -1.87. The molecule has 2 heterocycles. The third-order valence-electron chi connectivity index (χ3n) is 2.98. The van der Waals surface area contributed by atoms with Crippen LogP contribution in [-0.2, 0) is 0 Å². The zero-order valence-electron chi connectivity index (χ0n) is 10.2. The molecule has 0 aromatic carbocycles. The number of aliphatic hydroxyl groups is 1. The fourth-order valence-electron chi connectivity index (χ4n) is 1.84. The van der Waals surface area contributed by atoms with E-state index >= 15 is 0 Å². The van der Waals surface area contributed by atoms with E-state index in [1.807, 2.05) is 11.8 Å². The van der Waals surface area contributed by atoms with Crippen molar-refractivity contribution in [3.05, 3.63) is 12.4 Å². The van der Waals surface area contributed by atoms with E-state index in [1.165, 1.54) is 12.4 Å². The summed E-state index contributed by atoms with van der Waals surface area (Å²) >= 11 is 0. The smallest absolute Gasteiger partial charge is 0.509 e. The van der Waals surface area contributed by atoms with E-state index in [-0.39, 0.29) is 5.75 Å². The average molecular weight is 253 g/mol. The van der Waals surface area contributed by atoms with E-state index in [4.69, 9.17) is 10.0 Å². The Hall–Kier alpha value is -1.38. The molecule has 0 radical (unpaired) electrons. The van der Waals surface area contributed by atoms with Gasteiger partial charge in [-0.05, 0) is 19.8 Å². The van der Waals surface area contributed by atoms with Crippen molar-refractivity contribution in [2.75, 3.05) is 18.0 Å². The van der Waals surface area contributed by atoms with E-state index in [1.54, 1.807) is 0 Å². The second kappa shape index (κ2) is 5.09. The van der Waals surface area contributed by atoms with Gasteiger partial charge in [0, 0.05) is 13.1 Å². The molecule has 0 atom stereocenters. The molecule has 98 valence electrons. The Bertz CT molecular complexity index is 389. The quantitative estimate of drug-likeness (QED) is 0.605. The van der Waals surface area contributed by atoms with Crippen LogP contribution in [0.15, 0.2) is 12.4 Å². The number of aromatic nitrogens is 2. The van der Waals surface area contributed by atoms with E-state index in [0.29, 0.717) is 31.9 Å². The highest BCUT2D eigenvalue weighted by molar-refractivity contribution is 6.33. The maximum Gasteiger partial charge on any atom is 0.707 e. The molecule has 3 N–H and O–H groups in total. The summed E-state index contributed by atoms with van der Waals surface area (Å²) in [6.45, 7) is 3.20. The Balaban J connectivity index is 1.98. The van der Waals surface area contributed by atoms with E-state index in [9.17, 15) is 5.11 Å². The first-order valence-electron chi connectivity index (χ1n) is 5.78. The van der Waals surface area contributed by atoms with Gasteiger partial charge in [-0.15, -0.1) is 0 Å². The van der Waals surface area contributed by atoms with Crippen molar-refractivity contribution in [1.29, 1.82) is 0 Å². The van der Waals surface area contributed by atoms with Gasteiger partial charge in [-0.25, -0.2) is 9.97 Å². The van der Waals surface area contributed by atoms with Gasteiger partial charge in [0.2, 0.25) is 5.95 Å². The second-order valence-electron chi connectivity index (χ2n) is 4.65. The van der Waals surface area contributed by atoms with Gasteiger partial charge in [-0.3, -0.25) is 0 Å². The molecule has 7 nitrogen and oxygen atoms in total. The normalized spacial score (nSPS) is 18.6. The predicted molar refractivity (Wildman–Crippen MR) is 64.9 cm³/mol. The van der Waals surface area contributed by atoms with Gasteiger partial charge in [0.15, 0.2) is 0 Å². The van der Waals surface area contributed by atoms with Crippen molar-refractivity contribution >= 4 is 13.3 Å². The topological polar surface area (TPSA) is 98.9 Å². The molecule has 2 rings (SSSR count). The highest BCUT2D eigenvalue weighted by atomic mass is 16.6. The summed E-state index contributed by atoms with van der Waals surface area (Å²) < 4.78 is 4.62. The van der Waals surface area contributed by atoms with Crippen LogP contribution < -0.4 is 9.55 Å². The van der Waals surface area contributed by atoms with Crippen LogP contribution in [0.2, 0.25) is 0 Å². The molecule has 1 saturated heterocycles. The Morgan fingerprint density at radius 1 is 1.28 bits per heavy atom. The third kappa shape index (κ3) is 3.31. The molecule has 0 bridgehead atoms. The molecule has 1 aromatic heterocycles.